The molecule has 1 atom stereocenters. The van der Waals surface area contributed by atoms with Crippen molar-refractivity contribution in [1.82, 2.24) is 28.9 Å². The van der Waals surface area contributed by atoms with Crippen LogP contribution in [0.3, 0.4) is 0 Å². The van der Waals surface area contributed by atoms with Crippen LogP contribution in [-0.2, 0) is 0 Å². The predicted octanol–water partition coefficient (Wildman–Crippen LogP) is 2.21. The van der Waals surface area contributed by atoms with Gasteiger partial charge in [0.15, 0.2) is 5.82 Å². The van der Waals surface area contributed by atoms with E-state index in [1.54, 1.807) is 12.3 Å². The number of fused-ring (bicyclic) bond motifs is 2. The van der Waals surface area contributed by atoms with Gasteiger partial charge in [0.1, 0.15) is 5.65 Å². The van der Waals surface area contributed by atoms with Crippen LogP contribution in [0.4, 0.5) is 10.5 Å². The Balaban J connectivity index is 1.51. The Hall–Kier alpha value is -3.95. The lowest BCUT2D eigenvalue weighted by atomic mass is 10.2. The molecule has 5 heterocycles. The summed E-state index contributed by atoms with van der Waals surface area (Å²) >= 11 is 0. The first-order valence-corrected chi connectivity index (χ1v) is 10.4. The Morgan fingerprint density at radius 1 is 1.12 bits per heavy atom. The molecule has 1 aliphatic rings. The number of hydrogen-bond donors (Lipinski definition) is 1. The first-order chi connectivity index (χ1) is 15.3. The number of nitrogens with zero attached hydrogens (tertiary/aromatic N) is 7. The molecule has 0 radical (unpaired) electrons. The van der Waals surface area contributed by atoms with Crippen molar-refractivity contribution in [2.24, 2.45) is 0 Å². The minimum atomic E-state index is -0.910. The van der Waals surface area contributed by atoms with Gasteiger partial charge in [0.05, 0.1) is 16.9 Å². The minimum absolute atomic E-state index is 0.141. The van der Waals surface area contributed by atoms with E-state index in [-0.39, 0.29) is 6.04 Å². The third kappa shape index (κ3) is 3.33. The summed E-state index contributed by atoms with van der Waals surface area (Å²) in [5, 5.41) is 13.7. The normalized spacial score (nSPS) is 16.8. The Labute approximate surface area is 183 Å². The van der Waals surface area contributed by atoms with Gasteiger partial charge in [-0.1, -0.05) is 0 Å². The molecular formula is C22H23N7O3. The smallest absolute Gasteiger partial charge is 0.407 e. The van der Waals surface area contributed by atoms with Gasteiger partial charge < -0.3 is 14.9 Å². The van der Waals surface area contributed by atoms with Crippen LogP contribution < -0.4 is 10.6 Å². The molecule has 0 aromatic carbocycles. The standard InChI is InChI=1S/C22H23N7O3/c1-13-8-18-10-16(9-14(2)29(18)25-13)20-23-19-5-4-17(12-28(19)21(30)24-20)26-6-7-27(22(31)32)15(3)11-26/h4-5,8-10,12,15H,6-7,11H2,1-3H3,(H,31,32)/t15-/m0/s1. The highest BCUT2D eigenvalue weighted by molar-refractivity contribution is 5.67. The summed E-state index contributed by atoms with van der Waals surface area (Å²) in [6.45, 7) is 7.28. The fourth-order valence-corrected chi connectivity index (χ4v) is 4.32. The molecule has 1 fully saturated rings. The topological polar surface area (TPSA) is 108 Å². The van der Waals surface area contributed by atoms with E-state index in [1.165, 1.54) is 9.30 Å². The summed E-state index contributed by atoms with van der Waals surface area (Å²) in [5.41, 5.74) is 4.45. The number of aromatic nitrogens is 5. The second-order valence-electron chi connectivity index (χ2n) is 8.22. The van der Waals surface area contributed by atoms with Gasteiger partial charge in [-0.05, 0) is 51.1 Å². The quantitative estimate of drug-likeness (QED) is 0.516. The summed E-state index contributed by atoms with van der Waals surface area (Å²) in [7, 11) is 0. The largest absolute Gasteiger partial charge is 0.465 e. The van der Waals surface area contributed by atoms with Gasteiger partial charge in [0.2, 0.25) is 0 Å². The monoisotopic (exact) mass is 433 g/mol. The Bertz CT molecular complexity index is 1420. The van der Waals surface area contributed by atoms with Crippen molar-refractivity contribution in [1.29, 1.82) is 0 Å². The molecule has 0 saturated carbocycles. The van der Waals surface area contributed by atoms with Gasteiger partial charge in [-0.15, -0.1) is 0 Å². The van der Waals surface area contributed by atoms with Crippen molar-refractivity contribution in [2.45, 2.75) is 26.8 Å². The number of pyridine rings is 2. The van der Waals surface area contributed by atoms with Crippen molar-refractivity contribution in [3.8, 4) is 11.4 Å². The molecule has 0 bridgehead atoms. The maximum atomic E-state index is 12.9. The first kappa shape index (κ1) is 20.0. The first-order valence-electron chi connectivity index (χ1n) is 10.4. The molecule has 1 saturated heterocycles. The zero-order chi connectivity index (χ0) is 22.6. The van der Waals surface area contributed by atoms with Crippen LogP contribution in [-0.4, -0.2) is 65.8 Å². The number of carboxylic acid groups (broad SMARTS) is 1. The molecule has 0 aliphatic carbocycles. The van der Waals surface area contributed by atoms with Crippen LogP contribution in [0.25, 0.3) is 22.6 Å². The summed E-state index contributed by atoms with van der Waals surface area (Å²) in [6, 6.07) is 9.38. The SMILES string of the molecule is Cc1cc2cc(-c3nc(=O)n4cc(N5CCN(C(=O)O)[C@@H](C)C5)ccc4n3)cc(C)n2n1. The number of piperazine rings is 1. The lowest BCUT2D eigenvalue weighted by Crippen LogP contribution is -2.53. The predicted molar refractivity (Wildman–Crippen MR) is 119 cm³/mol. The van der Waals surface area contributed by atoms with E-state index < -0.39 is 11.8 Å². The second-order valence-corrected chi connectivity index (χ2v) is 8.22. The highest BCUT2D eigenvalue weighted by atomic mass is 16.4. The van der Waals surface area contributed by atoms with E-state index >= 15 is 0 Å². The zero-order valence-electron chi connectivity index (χ0n) is 18.1. The van der Waals surface area contributed by atoms with E-state index in [9.17, 15) is 14.7 Å². The molecule has 4 aromatic rings. The number of amides is 1. The fraction of sp³-hybridized carbons (Fsp3) is 0.318. The van der Waals surface area contributed by atoms with E-state index in [2.05, 4.69) is 20.0 Å². The summed E-state index contributed by atoms with van der Waals surface area (Å²) in [6.07, 6.45) is 0.812. The maximum Gasteiger partial charge on any atom is 0.407 e. The van der Waals surface area contributed by atoms with Gasteiger partial charge in [0, 0.05) is 43.1 Å². The number of aryl methyl sites for hydroxylation is 2. The zero-order valence-corrected chi connectivity index (χ0v) is 18.1. The number of anilines is 1. The van der Waals surface area contributed by atoms with Crippen molar-refractivity contribution in [3.05, 3.63) is 58.4 Å². The molecule has 1 aliphatic heterocycles. The van der Waals surface area contributed by atoms with Crippen LogP contribution in [0.2, 0.25) is 0 Å². The van der Waals surface area contributed by atoms with E-state index in [1.807, 2.05) is 49.6 Å². The summed E-state index contributed by atoms with van der Waals surface area (Å²) in [4.78, 5) is 36.5. The summed E-state index contributed by atoms with van der Waals surface area (Å²) < 4.78 is 3.28. The molecule has 1 N–H and O–H groups in total. The molecule has 10 heteroatoms. The van der Waals surface area contributed by atoms with Crippen molar-refractivity contribution in [2.75, 3.05) is 24.5 Å². The van der Waals surface area contributed by atoms with Crippen LogP contribution in [0, 0.1) is 13.8 Å². The van der Waals surface area contributed by atoms with Gasteiger partial charge >= 0.3 is 11.8 Å². The molecular weight excluding hydrogens is 410 g/mol. The third-order valence-electron chi connectivity index (χ3n) is 5.90. The Morgan fingerprint density at radius 3 is 2.69 bits per heavy atom. The third-order valence-corrected chi connectivity index (χ3v) is 5.90. The minimum Gasteiger partial charge on any atom is -0.465 e. The van der Waals surface area contributed by atoms with Crippen LogP contribution in [0.15, 0.2) is 41.3 Å². The molecule has 10 nitrogen and oxygen atoms in total. The highest BCUT2D eigenvalue weighted by Gasteiger charge is 2.27. The second kappa shape index (κ2) is 7.33. The lowest BCUT2D eigenvalue weighted by molar-refractivity contribution is 0.122. The Morgan fingerprint density at radius 2 is 1.94 bits per heavy atom. The van der Waals surface area contributed by atoms with E-state index in [0.29, 0.717) is 31.1 Å². The number of carbonyl (C=O) groups is 1. The lowest BCUT2D eigenvalue weighted by Gasteiger charge is -2.39. The Kier molecular flexibility index (Phi) is 4.58. The molecule has 0 unspecified atom stereocenters. The molecule has 0 spiro atoms. The molecule has 32 heavy (non-hydrogen) atoms. The van der Waals surface area contributed by atoms with Gasteiger partial charge in [0.25, 0.3) is 0 Å². The van der Waals surface area contributed by atoms with Crippen LogP contribution in [0.1, 0.15) is 18.3 Å². The molecule has 5 rings (SSSR count). The van der Waals surface area contributed by atoms with E-state index in [4.69, 9.17) is 0 Å². The molecule has 4 aromatic heterocycles. The van der Waals surface area contributed by atoms with Crippen LogP contribution in [0.5, 0.6) is 0 Å². The fourth-order valence-electron chi connectivity index (χ4n) is 4.32. The summed E-state index contributed by atoms with van der Waals surface area (Å²) in [5.74, 6) is 0.371. The van der Waals surface area contributed by atoms with Gasteiger partial charge in [-0.25, -0.2) is 23.5 Å². The maximum absolute atomic E-state index is 12.9. The average Bonchev–Trinajstić information content (AvgIpc) is 3.14. The van der Waals surface area contributed by atoms with Crippen molar-refractivity contribution < 1.29 is 9.90 Å². The van der Waals surface area contributed by atoms with Crippen molar-refractivity contribution in [3.63, 3.8) is 0 Å². The van der Waals surface area contributed by atoms with Crippen LogP contribution >= 0.6 is 0 Å². The van der Waals surface area contributed by atoms with Gasteiger partial charge in [-0.2, -0.15) is 10.1 Å². The van der Waals surface area contributed by atoms with E-state index in [0.717, 1.165) is 28.2 Å². The number of rotatable bonds is 2. The molecule has 164 valence electrons. The van der Waals surface area contributed by atoms with Crippen molar-refractivity contribution >= 4 is 22.9 Å². The number of hydrogen-bond acceptors (Lipinski definition) is 6. The van der Waals surface area contributed by atoms with Gasteiger partial charge in [-0.3, -0.25) is 0 Å². The molecule has 1 amide bonds. The average molecular weight is 433 g/mol. The highest BCUT2D eigenvalue weighted by Crippen LogP contribution is 2.22.